The number of hydrogen-bond acceptors (Lipinski definition) is 4. The van der Waals surface area contributed by atoms with E-state index in [0.29, 0.717) is 30.8 Å². The minimum absolute atomic E-state index is 0.0418. The molecule has 4 rings (SSSR count). The van der Waals surface area contributed by atoms with Crippen molar-refractivity contribution in [1.29, 1.82) is 0 Å². The van der Waals surface area contributed by atoms with Crippen LogP contribution in [0.3, 0.4) is 0 Å². The molecule has 7 heteroatoms. The molecule has 3 aliphatic rings. The van der Waals surface area contributed by atoms with Crippen molar-refractivity contribution in [1.82, 2.24) is 14.1 Å². The minimum Gasteiger partial charge on any atom is -0.340 e. The summed E-state index contributed by atoms with van der Waals surface area (Å²) in [6.07, 6.45) is 4.37. The smallest absolute Gasteiger partial charge is 0.243 e. The van der Waals surface area contributed by atoms with Crippen molar-refractivity contribution < 1.29 is 13.2 Å². The highest BCUT2D eigenvalue weighted by Gasteiger charge is 2.34. The van der Waals surface area contributed by atoms with Gasteiger partial charge in [-0.1, -0.05) is 6.07 Å². The number of benzene rings is 1. The molecule has 2 heterocycles. The van der Waals surface area contributed by atoms with Gasteiger partial charge in [0, 0.05) is 45.2 Å². The third-order valence-electron chi connectivity index (χ3n) is 6.33. The number of nitrogens with zero attached hydrogens (tertiary/aromatic N) is 3. The van der Waals surface area contributed by atoms with Gasteiger partial charge >= 0.3 is 0 Å². The Balaban J connectivity index is 1.39. The van der Waals surface area contributed by atoms with E-state index in [1.807, 2.05) is 17.0 Å². The number of carbonyl (C=O) groups excluding carboxylic acids is 1. The van der Waals surface area contributed by atoms with Crippen LogP contribution in [0.2, 0.25) is 0 Å². The molecule has 2 aliphatic heterocycles. The number of piperazine rings is 1. The zero-order valence-corrected chi connectivity index (χ0v) is 16.9. The van der Waals surface area contributed by atoms with Crippen LogP contribution in [-0.4, -0.2) is 74.7 Å². The average Bonchev–Trinajstić information content (AvgIpc) is 3.16. The van der Waals surface area contributed by atoms with E-state index in [1.54, 1.807) is 10.4 Å². The van der Waals surface area contributed by atoms with Crippen LogP contribution in [0.4, 0.5) is 0 Å². The van der Waals surface area contributed by atoms with Crippen LogP contribution in [0.5, 0.6) is 0 Å². The van der Waals surface area contributed by atoms with E-state index in [0.717, 1.165) is 45.4 Å². The van der Waals surface area contributed by atoms with Crippen molar-refractivity contribution in [2.75, 3.05) is 46.3 Å². The Morgan fingerprint density at radius 1 is 0.963 bits per heavy atom. The van der Waals surface area contributed by atoms with Gasteiger partial charge in [-0.05, 0) is 62.4 Å². The fourth-order valence-corrected chi connectivity index (χ4v) is 6.01. The van der Waals surface area contributed by atoms with Gasteiger partial charge in [-0.3, -0.25) is 4.79 Å². The average molecular weight is 392 g/mol. The van der Waals surface area contributed by atoms with Gasteiger partial charge in [-0.2, -0.15) is 4.31 Å². The summed E-state index contributed by atoms with van der Waals surface area (Å²) in [6.45, 7) is 4.26. The van der Waals surface area contributed by atoms with Gasteiger partial charge in [0.1, 0.15) is 0 Å². The summed E-state index contributed by atoms with van der Waals surface area (Å²) in [7, 11) is -1.39. The topological polar surface area (TPSA) is 60.9 Å². The predicted molar refractivity (Wildman–Crippen MR) is 104 cm³/mol. The van der Waals surface area contributed by atoms with Crippen molar-refractivity contribution in [2.24, 2.45) is 5.92 Å². The molecule has 0 saturated carbocycles. The first-order chi connectivity index (χ1) is 12.9. The Kier molecular flexibility index (Phi) is 5.27. The molecule has 148 valence electrons. The Bertz CT molecular complexity index is 808. The third kappa shape index (κ3) is 3.77. The lowest BCUT2D eigenvalue weighted by Gasteiger charge is -2.37. The zero-order valence-electron chi connectivity index (χ0n) is 16.1. The number of carbonyl (C=O) groups is 1. The highest BCUT2D eigenvalue weighted by atomic mass is 32.2. The van der Waals surface area contributed by atoms with Crippen LogP contribution < -0.4 is 0 Å². The molecule has 0 radical (unpaired) electrons. The van der Waals surface area contributed by atoms with E-state index in [4.69, 9.17) is 0 Å². The number of sulfonamides is 1. The molecule has 0 N–H and O–H groups in total. The normalized spacial score (nSPS) is 22.8. The van der Waals surface area contributed by atoms with E-state index in [2.05, 4.69) is 11.9 Å². The number of hydrogen-bond donors (Lipinski definition) is 0. The summed E-state index contributed by atoms with van der Waals surface area (Å²) in [5, 5.41) is 0. The van der Waals surface area contributed by atoms with Crippen molar-refractivity contribution in [3.8, 4) is 0 Å². The summed E-state index contributed by atoms with van der Waals surface area (Å²) in [4.78, 5) is 17.3. The molecule has 2 saturated heterocycles. The Hall–Kier alpha value is -1.44. The second kappa shape index (κ2) is 7.53. The van der Waals surface area contributed by atoms with Crippen LogP contribution in [0.25, 0.3) is 0 Å². The molecular weight excluding hydrogens is 362 g/mol. The van der Waals surface area contributed by atoms with Gasteiger partial charge < -0.3 is 9.80 Å². The number of likely N-dealkylation sites (N-methyl/N-ethyl adjacent to an activating group) is 1. The number of fused-ring (bicyclic) bond motifs is 1. The number of aryl methyl sites for hydroxylation is 2. The molecule has 0 spiro atoms. The van der Waals surface area contributed by atoms with E-state index in [1.165, 1.54) is 11.1 Å². The molecule has 1 aromatic rings. The summed E-state index contributed by atoms with van der Waals surface area (Å²) >= 11 is 0. The highest BCUT2D eigenvalue weighted by Crippen LogP contribution is 2.29. The number of piperidine rings is 1. The maximum absolute atomic E-state index is 13.0. The van der Waals surface area contributed by atoms with Gasteiger partial charge in [0.25, 0.3) is 0 Å². The van der Waals surface area contributed by atoms with Crippen LogP contribution in [0.15, 0.2) is 23.1 Å². The molecule has 0 atom stereocenters. The predicted octanol–water partition coefficient (Wildman–Crippen LogP) is 1.35. The highest BCUT2D eigenvalue weighted by molar-refractivity contribution is 7.89. The van der Waals surface area contributed by atoms with Crippen LogP contribution in [0, 0.1) is 5.92 Å². The largest absolute Gasteiger partial charge is 0.340 e. The van der Waals surface area contributed by atoms with E-state index < -0.39 is 10.0 Å². The second-order valence-electron chi connectivity index (χ2n) is 8.09. The van der Waals surface area contributed by atoms with Crippen molar-refractivity contribution >= 4 is 15.9 Å². The fourth-order valence-electron chi connectivity index (χ4n) is 4.49. The SMILES string of the molecule is CN1CCN(C(=O)C2CCN(S(=O)(=O)c3ccc4c(c3)CCC4)CC2)CC1. The first-order valence-electron chi connectivity index (χ1n) is 10.0. The van der Waals surface area contributed by atoms with Crippen LogP contribution >= 0.6 is 0 Å². The van der Waals surface area contributed by atoms with Gasteiger partial charge in [0.2, 0.25) is 15.9 Å². The maximum atomic E-state index is 13.0. The molecule has 2 fully saturated rings. The lowest BCUT2D eigenvalue weighted by molar-refractivity contribution is -0.138. The molecule has 6 nitrogen and oxygen atoms in total. The minimum atomic E-state index is -3.46. The van der Waals surface area contributed by atoms with Crippen molar-refractivity contribution in [2.45, 2.75) is 37.0 Å². The van der Waals surface area contributed by atoms with Gasteiger partial charge in [0.05, 0.1) is 4.90 Å². The Labute approximate surface area is 162 Å². The fraction of sp³-hybridized carbons (Fsp3) is 0.650. The summed E-state index contributed by atoms with van der Waals surface area (Å²) in [5.74, 6) is 0.164. The lowest BCUT2D eigenvalue weighted by atomic mass is 9.96. The molecule has 1 aliphatic carbocycles. The van der Waals surface area contributed by atoms with E-state index in [-0.39, 0.29) is 11.8 Å². The summed E-state index contributed by atoms with van der Waals surface area (Å²) in [6, 6.07) is 5.58. The summed E-state index contributed by atoms with van der Waals surface area (Å²) in [5.41, 5.74) is 2.46. The van der Waals surface area contributed by atoms with Crippen LogP contribution in [0.1, 0.15) is 30.4 Å². The quantitative estimate of drug-likeness (QED) is 0.780. The first-order valence-corrected chi connectivity index (χ1v) is 11.5. The monoisotopic (exact) mass is 391 g/mol. The third-order valence-corrected chi connectivity index (χ3v) is 8.22. The Morgan fingerprint density at radius 3 is 2.33 bits per heavy atom. The number of rotatable bonds is 3. The summed E-state index contributed by atoms with van der Waals surface area (Å²) < 4.78 is 27.6. The number of amides is 1. The maximum Gasteiger partial charge on any atom is 0.243 e. The Morgan fingerprint density at radius 2 is 1.63 bits per heavy atom. The lowest BCUT2D eigenvalue weighted by Crippen LogP contribution is -2.50. The molecule has 1 amide bonds. The first kappa shape index (κ1) is 18.9. The van der Waals surface area contributed by atoms with Crippen molar-refractivity contribution in [3.63, 3.8) is 0 Å². The second-order valence-corrected chi connectivity index (χ2v) is 10.0. The molecular formula is C20H29N3O3S. The molecule has 0 aromatic heterocycles. The zero-order chi connectivity index (χ0) is 19.0. The van der Waals surface area contributed by atoms with E-state index in [9.17, 15) is 13.2 Å². The molecule has 0 unspecified atom stereocenters. The van der Waals surface area contributed by atoms with Crippen LogP contribution in [-0.2, 0) is 27.7 Å². The standard InChI is InChI=1S/C20H29N3O3S/c1-21-11-13-22(14-12-21)20(24)17-7-9-23(10-8-17)27(25,26)19-6-5-16-3-2-4-18(16)15-19/h5-6,15,17H,2-4,7-14H2,1H3. The molecule has 1 aromatic carbocycles. The van der Waals surface area contributed by atoms with Crippen molar-refractivity contribution in [3.05, 3.63) is 29.3 Å². The van der Waals surface area contributed by atoms with Gasteiger partial charge in [-0.25, -0.2) is 8.42 Å². The molecule has 0 bridgehead atoms. The molecule has 27 heavy (non-hydrogen) atoms. The van der Waals surface area contributed by atoms with Gasteiger partial charge in [0.15, 0.2) is 0 Å². The van der Waals surface area contributed by atoms with Gasteiger partial charge in [-0.15, -0.1) is 0 Å². The van der Waals surface area contributed by atoms with E-state index >= 15 is 0 Å².